The van der Waals surface area contributed by atoms with Gasteiger partial charge in [-0.2, -0.15) is 5.26 Å². The van der Waals surface area contributed by atoms with Crippen LogP contribution in [0.25, 0.3) is 0 Å². The summed E-state index contributed by atoms with van der Waals surface area (Å²) in [6, 6.07) is 6.16. The molecule has 2 heterocycles. The Bertz CT molecular complexity index is 905. The number of rotatable bonds is 3. The number of ether oxygens (including phenoxy) is 1. The van der Waals surface area contributed by atoms with Crippen LogP contribution in [0, 0.1) is 41.9 Å². The van der Waals surface area contributed by atoms with E-state index in [9.17, 15) is 9.59 Å². The molecule has 2 amide bonds. The topological polar surface area (TPSA) is 82.4 Å². The first-order chi connectivity index (χ1) is 13.9. The number of methoxy groups -OCH3 is 1. The van der Waals surface area contributed by atoms with Crippen LogP contribution in [0.2, 0.25) is 0 Å². The Labute approximate surface area is 172 Å². The number of benzene rings is 1. The fraction of sp³-hybridized carbons (Fsp3) is 0.609. The molecule has 0 radical (unpaired) electrons. The highest BCUT2D eigenvalue weighted by atomic mass is 16.5. The van der Waals surface area contributed by atoms with Gasteiger partial charge in [0.25, 0.3) is 0 Å². The fourth-order valence-corrected chi connectivity index (χ4v) is 6.59. The SMILES string of the molecule is COc1cc(C)c2c(c1)CCCN1C(=O)CC3C(C(=O)NCC#N)C(C)C(C)C231. The molecule has 2 aliphatic heterocycles. The van der Waals surface area contributed by atoms with Crippen LogP contribution in [0.15, 0.2) is 12.1 Å². The zero-order chi connectivity index (χ0) is 20.9. The summed E-state index contributed by atoms with van der Waals surface area (Å²) in [6.45, 7) is 7.13. The number of carbonyl (C=O) groups excluding carboxylic acids is 2. The van der Waals surface area contributed by atoms with Crippen molar-refractivity contribution in [1.29, 1.82) is 5.26 Å². The number of amides is 2. The Hall–Kier alpha value is -2.55. The number of nitrogens with one attached hydrogen (secondary N) is 1. The van der Waals surface area contributed by atoms with E-state index in [4.69, 9.17) is 10.00 Å². The van der Waals surface area contributed by atoms with E-state index in [0.29, 0.717) is 6.42 Å². The van der Waals surface area contributed by atoms with E-state index in [2.05, 4.69) is 43.1 Å². The maximum absolute atomic E-state index is 13.2. The quantitative estimate of drug-likeness (QED) is 0.798. The molecule has 154 valence electrons. The second kappa shape index (κ2) is 7.05. The second-order valence-electron chi connectivity index (χ2n) is 8.81. The van der Waals surface area contributed by atoms with Crippen molar-refractivity contribution in [2.75, 3.05) is 20.2 Å². The smallest absolute Gasteiger partial charge is 0.224 e. The second-order valence-corrected chi connectivity index (χ2v) is 8.81. The van der Waals surface area contributed by atoms with E-state index < -0.39 is 5.54 Å². The lowest BCUT2D eigenvalue weighted by Crippen LogP contribution is -2.49. The minimum Gasteiger partial charge on any atom is -0.497 e. The molecular formula is C23H29N3O3. The van der Waals surface area contributed by atoms with Gasteiger partial charge in [-0.1, -0.05) is 13.8 Å². The highest BCUT2D eigenvalue weighted by molar-refractivity contribution is 5.87. The van der Waals surface area contributed by atoms with Gasteiger partial charge in [0.15, 0.2) is 0 Å². The molecule has 1 saturated carbocycles. The lowest BCUT2D eigenvalue weighted by Gasteiger charge is -2.44. The molecule has 1 N–H and O–H groups in total. The zero-order valence-corrected chi connectivity index (χ0v) is 17.6. The summed E-state index contributed by atoms with van der Waals surface area (Å²) in [4.78, 5) is 28.3. The van der Waals surface area contributed by atoms with Crippen molar-refractivity contribution in [2.24, 2.45) is 23.7 Å². The fourth-order valence-electron chi connectivity index (χ4n) is 6.59. The van der Waals surface area contributed by atoms with Crippen LogP contribution >= 0.6 is 0 Å². The molecule has 4 rings (SSSR count). The lowest BCUT2D eigenvalue weighted by molar-refractivity contribution is -0.133. The largest absolute Gasteiger partial charge is 0.497 e. The summed E-state index contributed by atoms with van der Waals surface area (Å²) in [6.07, 6.45) is 2.20. The van der Waals surface area contributed by atoms with Crippen LogP contribution < -0.4 is 10.1 Å². The van der Waals surface area contributed by atoms with Crippen LogP contribution in [-0.4, -0.2) is 36.9 Å². The highest BCUT2D eigenvalue weighted by Crippen LogP contribution is 2.63. The average Bonchev–Trinajstić information content (AvgIpc) is 2.99. The van der Waals surface area contributed by atoms with Gasteiger partial charge in [0.05, 0.1) is 18.7 Å². The Balaban J connectivity index is 1.92. The van der Waals surface area contributed by atoms with E-state index in [-0.39, 0.29) is 42.0 Å². The first-order valence-corrected chi connectivity index (χ1v) is 10.5. The number of carbonyl (C=O) groups is 2. The standard InChI is InChI=1S/C23H29N3O3/c1-13-10-17(29-4)11-16-6-5-9-26-19(27)12-18-20(22(28)25-8-7-24)14(2)15(3)23(18,26)21(13)16/h10-11,14-15,18,20H,5-6,8-9,12H2,1-4H3,(H,25,28). The number of nitrogens with zero attached hydrogens (tertiary/aromatic N) is 2. The first kappa shape index (κ1) is 19.8. The summed E-state index contributed by atoms with van der Waals surface area (Å²) in [5.74, 6) is 0.785. The van der Waals surface area contributed by atoms with E-state index in [0.717, 1.165) is 30.7 Å². The van der Waals surface area contributed by atoms with Crippen molar-refractivity contribution in [3.63, 3.8) is 0 Å². The summed E-state index contributed by atoms with van der Waals surface area (Å²) >= 11 is 0. The number of fused-ring (bicyclic) bond motifs is 1. The van der Waals surface area contributed by atoms with Crippen molar-refractivity contribution in [2.45, 2.75) is 45.6 Å². The number of nitriles is 1. The van der Waals surface area contributed by atoms with Crippen LogP contribution in [0.5, 0.6) is 5.75 Å². The number of aryl methyl sites for hydroxylation is 2. The molecule has 29 heavy (non-hydrogen) atoms. The monoisotopic (exact) mass is 395 g/mol. The minimum absolute atomic E-state index is 0.000624. The third-order valence-electron chi connectivity index (χ3n) is 7.69. The van der Waals surface area contributed by atoms with Gasteiger partial charge in [-0.3, -0.25) is 9.59 Å². The maximum Gasteiger partial charge on any atom is 0.224 e. The van der Waals surface area contributed by atoms with E-state index >= 15 is 0 Å². The third-order valence-corrected chi connectivity index (χ3v) is 7.69. The van der Waals surface area contributed by atoms with E-state index in [1.807, 2.05) is 6.07 Å². The molecule has 6 heteroatoms. The first-order valence-electron chi connectivity index (χ1n) is 10.5. The molecule has 1 saturated heterocycles. The molecule has 1 spiro atoms. The van der Waals surface area contributed by atoms with Gasteiger partial charge in [0.1, 0.15) is 12.3 Å². The van der Waals surface area contributed by atoms with Crippen molar-refractivity contribution in [3.05, 3.63) is 28.8 Å². The predicted molar refractivity (Wildman–Crippen MR) is 108 cm³/mol. The zero-order valence-electron chi connectivity index (χ0n) is 17.6. The summed E-state index contributed by atoms with van der Waals surface area (Å²) < 4.78 is 5.52. The summed E-state index contributed by atoms with van der Waals surface area (Å²) in [5.41, 5.74) is 3.12. The minimum atomic E-state index is -0.465. The van der Waals surface area contributed by atoms with Gasteiger partial charge in [0.2, 0.25) is 11.8 Å². The molecule has 1 aliphatic carbocycles. The van der Waals surface area contributed by atoms with Crippen molar-refractivity contribution in [1.82, 2.24) is 10.2 Å². The van der Waals surface area contributed by atoms with Crippen LogP contribution in [0.3, 0.4) is 0 Å². The molecule has 3 aliphatic rings. The maximum atomic E-state index is 13.2. The van der Waals surface area contributed by atoms with E-state index in [1.165, 1.54) is 11.1 Å². The van der Waals surface area contributed by atoms with Gasteiger partial charge < -0.3 is 15.0 Å². The Morgan fingerprint density at radius 3 is 2.86 bits per heavy atom. The van der Waals surface area contributed by atoms with Gasteiger partial charge in [-0.25, -0.2) is 0 Å². The van der Waals surface area contributed by atoms with E-state index in [1.54, 1.807) is 7.11 Å². The van der Waals surface area contributed by atoms with Crippen molar-refractivity contribution in [3.8, 4) is 11.8 Å². The molecular weight excluding hydrogens is 366 g/mol. The summed E-state index contributed by atoms with van der Waals surface area (Å²) in [5, 5.41) is 11.7. The predicted octanol–water partition coefficient (Wildman–Crippen LogP) is 2.54. The normalized spacial score (nSPS) is 32.7. The highest BCUT2D eigenvalue weighted by Gasteiger charge is 2.68. The number of hydrogen-bond donors (Lipinski definition) is 1. The molecule has 5 unspecified atom stereocenters. The molecule has 2 fully saturated rings. The molecule has 0 aromatic heterocycles. The van der Waals surface area contributed by atoms with Crippen LogP contribution in [-0.2, 0) is 21.5 Å². The molecule has 6 nitrogen and oxygen atoms in total. The number of hydrogen-bond acceptors (Lipinski definition) is 4. The van der Waals surface area contributed by atoms with Crippen LogP contribution in [0.4, 0.5) is 0 Å². The molecule has 0 bridgehead atoms. The Morgan fingerprint density at radius 2 is 2.17 bits per heavy atom. The lowest BCUT2D eigenvalue weighted by atomic mass is 9.71. The Kier molecular flexibility index (Phi) is 4.80. The van der Waals surface area contributed by atoms with Crippen molar-refractivity contribution >= 4 is 11.8 Å². The molecule has 1 aromatic rings. The van der Waals surface area contributed by atoms with Crippen LogP contribution in [0.1, 0.15) is 43.4 Å². The summed E-state index contributed by atoms with van der Waals surface area (Å²) in [7, 11) is 1.68. The Morgan fingerprint density at radius 1 is 1.41 bits per heavy atom. The molecule has 5 atom stereocenters. The average molecular weight is 396 g/mol. The van der Waals surface area contributed by atoms with Gasteiger partial charge in [-0.05, 0) is 60.4 Å². The van der Waals surface area contributed by atoms with Gasteiger partial charge in [0, 0.05) is 24.8 Å². The van der Waals surface area contributed by atoms with Gasteiger partial charge in [-0.15, -0.1) is 0 Å². The van der Waals surface area contributed by atoms with Gasteiger partial charge >= 0.3 is 0 Å². The van der Waals surface area contributed by atoms with Crippen molar-refractivity contribution < 1.29 is 14.3 Å². The molecule has 1 aromatic carbocycles. The third kappa shape index (κ3) is 2.59.